The second-order valence-electron chi connectivity index (χ2n) is 9.91. The summed E-state index contributed by atoms with van der Waals surface area (Å²) in [6, 6.07) is 28.5. The van der Waals surface area contributed by atoms with E-state index in [1.807, 2.05) is 35.7 Å². The van der Waals surface area contributed by atoms with Gasteiger partial charge in [-0.1, -0.05) is 76.6 Å². The number of nitrogens with zero attached hydrogens (tertiary/aromatic N) is 3. The second-order valence-corrected chi connectivity index (χ2v) is 11.7. The fourth-order valence-electron chi connectivity index (χ4n) is 5.66. The molecule has 39 heavy (non-hydrogen) atoms. The third-order valence-corrected chi connectivity index (χ3v) is 8.76. The number of fused-ring (bicyclic) bond motifs is 2. The molecule has 0 spiro atoms. The number of hydrazone groups is 1. The summed E-state index contributed by atoms with van der Waals surface area (Å²) in [7, 11) is 0. The molecule has 0 amide bonds. The van der Waals surface area contributed by atoms with Gasteiger partial charge >= 0.3 is 5.63 Å². The van der Waals surface area contributed by atoms with E-state index in [4.69, 9.17) is 14.5 Å². The first-order valence-corrected chi connectivity index (χ1v) is 14.7. The molecule has 192 valence electrons. The summed E-state index contributed by atoms with van der Waals surface area (Å²) in [5.74, 6) is 0.270. The molecule has 5 nitrogen and oxygen atoms in total. The summed E-state index contributed by atoms with van der Waals surface area (Å²) < 4.78 is 6.54. The Bertz CT molecular complexity index is 1790. The van der Waals surface area contributed by atoms with Crippen LogP contribution in [0.15, 0.2) is 115 Å². The SMILES string of the molecule is O=c1oc2ccc(Br)cc2cc1-c1csc(N2N=C3/C(=C\c4ccccc4)CCC[C@@H]3[C@@H]2c2ccccc2)n1. The minimum absolute atomic E-state index is 0.0450. The molecule has 2 aliphatic rings. The maximum atomic E-state index is 12.9. The van der Waals surface area contributed by atoms with Crippen LogP contribution in [0.5, 0.6) is 0 Å². The zero-order valence-electron chi connectivity index (χ0n) is 21.0. The summed E-state index contributed by atoms with van der Waals surface area (Å²) in [4.78, 5) is 17.8. The third-order valence-electron chi connectivity index (χ3n) is 7.44. The first-order chi connectivity index (χ1) is 19.1. The molecule has 1 aliphatic heterocycles. The highest BCUT2D eigenvalue weighted by molar-refractivity contribution is 9.10. The van der Waals surface area contributed by atoms with E-state index in [9.17, 15) is 4.79 Å². The molecule has 1 aliphatic carbocycles. The van der Waals surface area contributed by atoms with Gasteiger partial charge in [0.1, 0.15) is 5.58 Å². The molecule has 5 aromatic rings. The predicted molar refractivity (Wildman–Crippen MR) is 162 cm³/mol. The van der Waals surface area contributed by atoms with Crippen molar-refractivity contribution in [1.29, 1.82) is 0 Å². The molecule has 3 aromatic carbocycles. The number of allylic oxidation sites excluding steroid dienone is 1. The van der Waals surface area contributed by atoms with Crippen molar-refractivity contribution in [2.24, 2.45) is 11.0 Å². The number of thiazole rings is 1. The monoisotopic (exact) mass is 593 g/mol. The van der Waals surface area contributed by atoms with Gasteiger partial charge < -0.3 is 4.42 Å². The minimum Gasteiger partial charge on any atom is -0.422 e. The van der Waals surface area contributed by atoms with Gasteiger partial charge in [-0.25, -0.2) is 14.8 Å². The van der Waals surface area contributed by atoms with Crippen LogP contribution in [0.1, 0.15) is 36.4 Å². The van der Waals surface area contributed by atoms with Crippen molar-refractivity contribution in [1.82, 2.24) is 4.98 Å². The van der Waals surface area contributed by atoms with Gasteiger partial charge in [0.15, 0.2) is 0 Å². The van der Waals surface area contributed by atoms with Crippen molar-refractivity contribution in [3.05, 3.63) is 122 Å². The molecule has 0 bridgehead atoms. The molecule has 0 unspecified atom stereocenters. The van der Waals surface area contributed by atoms with Crippen LogP contribution >= 0.6 is 27.3 Å². The molecule has 1 fully saturated rings. The maximum Gasteiger partial charge on any atom is 0.345 e. The number of anilines is 1. The molecule has 0 saturated heterocycles. The molecule has 1 saturated carbocycles. The summed E-state index contributed by atoms with van der Waals surface area (Å²) in [5, 5.41) is 10.8. The maximum absolute atomic E-state index is 12.9. The minimum atomic E-state index is -0.393. The molecule has 7 heteroatoms. The first-order valence-electron chi connectivity index (χ1n) is 13.0. The lowest BCUT2D eigenvalue weighted by Crippen LogP contribution is -2.28. The van der Waals surface area contributed by atoms with E-state index in [1.165, 1.54) is 28.0 Å². The predicted octanol–water partition coefficient (Wildman–Crippen LogP) is 8.48. The Hall–Kier alpha value is -3.81. The molecule has 2 aromatic heterocycles. The number of rotatable bonds is 4. The lowest BCUT2D eigenvalue weighted by atomic mass is 9.77. The zero-order chi connectivity index (χ0) is 26.3. The highest BCUT2D eigenvalue weighted by Crippen LogP contribution is 2.47. The Labute approximate surface area is 238 Å². The van der Waals surface area contributed by atoms with Gasteiger partial charge in [-0.2, -0.15) is 5.10 Å². The van der Waals surface area contributed by atoms with Gasteiger partial charge in [0.25, 0.3) is 0 Å². The average molecular weight is 595 g/mol. The largest absolute Gasteiger partial charge is 0.422 e. The molecule has 7 rings (SSSR count). The summed E-state index contributed by atoms with van der Waals surface area (Å²) in [6.07, 6.45) is 5.48. The summed E-state index contributed by atoms with van der Waals surface area (Å²) in [5.41, 5.74) is 6.06. The number of hydrogen-bond donors (Lipinski definition) is 0. The molecule has 0 radical (unpaired) electrons. The Kier molecular flexibility index (Phi) is 6.25. The van der Waals surface area contributed by atoms with Crippen LogP contribution in [-0.4, -0.2) is 10.7 Å². The Morgan fingerprint density at radius 3 is 2.62 bits per heavy atom. The Balaban J connectivity index is 1.32. The second kappa shape index (κ2) is 10.1. The molecule has 3 heterocycles. The lowest BCUT2D eigenvalue weighted by molar-refractivity contribution is 0.487. The highest BCUT2D eigenvalue weighted by atomic mass is 79.9. The fraction of sp³-hybridized carbons (Fsp3) is 0.156. The smallest absolute Gasteiger partial charge is 0.345 e. The standard InChI is InChI=1S/C32H24BrN3O2S/c33-24-14-15-28-23(17-24)18-26(31(37)38-28)27-19-39-32(34-27)36-30(21-10-5-2-6-11-21)25-13-7-12-22(29(25)35-36)16-20-8-3-1-4-9-20/h1-6,8-11,14-19,25,30H,7,12-13H2/b22-16-/t25-,30-/m0/s1. The zero-order valence-corrected chi connectivity index (χ0v) is 23.4. The van der Waals surface area contributed by atoms with Crippen molar-refractivity contribution in [3.63, 3.8) is 0 Å². The van der Waals surface area contributed by atoms with Crippen LogP contribution in [0.2, 0.25) is 0 Å². The van der Waals surface area contributed by atoms with Gasteiger partial charge in [-0.15, -0.1) is 11.3 Å². The first kappa shape index (κ1) is 24.2. The van der Waals surface area contributed by atoms with Gasteiger partial charge in [0, 0.05) is 21.2 Å². The van der Waals surface area contributed by atoms with E-state index in [0.717, 1.165) is 40.0 Å². The van der Waals surface area contributed by atoms with E-state index in [0.29, 0.717) is 16.8 Å². The van der Waals surface area contributed by atoms with Crippen molar-refractivity contribution in [2.45, 2.75) is 25.3 Å². The Morgan fingerprint density at radius 2 is 1.79 bits per heavy atom. The normalized spacial score (nSPS) is 19.9. The van der Waals surface area contributed by atoms with Crippen LogP contribution in [0.3, 0.4) is 0 Å². The van der Waals surface area contributed by atoms with Crippen molar-refractivity contribution in [2.75, 3.05) is 5.01 Å². The van der Waals surface area contributed by atoms with Crippen LogP contribution in [0.4, 0.5) is 5.13 Å². The summed E-state index contributed by atoms with van der Waals surface area (Å²) >= 11 is 5.01. The fourth-order valence-corrected chi connectivity index (χ4v) is 6.85. The topological polar surface area (TPSA) is 58.7 Å². The van der Waals surface area contributed by atoms with Gasteiger partial charge in [-0.3, -0.25) is 0 Å². The number of hydrogen-bond acceptors (Lipinski definition) is 6. The van der Waals surface area contributed by atoms with Crippen LogP contribution in [0.25, 0.3) is 28.3 Å². The molecule has 0 N–H and O–H groups in total. The van der Waals surface area contributed by atoms with Crippen LogP contribution < -0.4 is 10.6 Å². The van der Waals surface area contributed by atoms with Crippen molar-refractivity contribution >= 4 is 55.2 Å². The van der Waals surface area contributed by atoms with Crippen LogP contribution in [0, 0.1) is 5.92 Å². The molecular weight excluding hydrogens is 570 g/mol. The number of aromatic nitrogens is 1. The Morgan fingerprint density at radius 1 is 1.00 bits per heavy atom. The number of benzene rings is 3. The van der Waals surface area contributed by atoms with Gasteiger partial charge in [-0.05, 0) is 66.3 Å². The summed E-state index contributed by atoms with van der Waals surface area (Å²) in [6.45, 7) is 0. The van der Waals surface area contributed by atoms with Crippen LogP contribution in [-0.2, 0) is 0 Å². The van der Waals surface area contributed by atoms with Crippen molar-refractivity contribution in [3.8, 4) is 11.3 Å². The van der Waals surface area contributed by atoms with Gasteiger partial charge in [0.2, 0.25) is 5.13 Å². The van der Waals surface area contributed by atoms with E-state index in [1.54, 1.807) is 6.07 Å². The molecule has 2 atom stereocenters. The van der Waals surface area contributed by atoms with E-state index < -0.39 is 5.63 Å². The quantitative estimate of drug-likeness (QED) is 0.196. The lowest BCUT2D eigenvalue weighted by Gasteiger charge is -2.29. The van der Waals surface area contributed by atoms with Gasteiger partial charge in [0.05, 0.1) is 23.0 Å². The highest BCUT2D eigenvalue weighted by Gasteiger charge is 2.42. The third kappa shape index (κ3) is 4.56. The number of halogens is 1. The van der Waals surface area contributed by atoms with E-state index >= 15 is 0 Å². The molecular formula is C32H24BrN3O2S. The van der Waals surface area contributed by atoms with Crippen molar-refractivity contribution < 1.29 is 4.42 Å². The van der Waals surface area contributed by atoms with E-state index in [-0.39, 0.29) is 12.0 Å². The average Bonchev–Trinajstić information content (AvgIpc) is 3.60. The van der Waals surface area contributed by atoms with E-state index in [2.05, 4.69) is 75.5 Å².